The van der Waals surface area contributed by atoms with Gasteiger partial charge in [-0.25, -0.2) is 4.79 Å². The number of carbonyl (C=O) groups is 4. The number of benzene rings is 2. The van der Waals surface area contributed by atoms with E-state index in [0.29, 0.717) is 0 Å². The number of esters is 1. The minimum absolute atomic E-state index is 0.0740. The van der Waals surface area contributed by atoms with Gasteiger partial charge in [-0.05, 0) is 30.5 Å². The lowest BCUT2D eigenvalue weighted by atomic mass is 10.0. The minimum Gasteiger partial charge on any atom is -0.497 e. The zero-order valence-electron chi connectivity index (χ0n) is 18.8. The first-order chi connectivity index (χ1) is 16.1. The van der Waals surface area contributed by atoms with Crippen LogP contribution in [0.2, 0.25) is 0 Å². The molecule has 2 aromatic rings. The zero-order chi connectivity index (χ0) is 25.0. The second kappa shape index (κ2) is 10.1. The minimum atomic E-state index is -1.23. The van der Waals surface area contributed by atoms with Crippen LogP contribution < -0.4 is 10.1 Å². The van der Waals surface area contributed by atoms with Gasteiger partial charge in [-0.2, -0.15) is 0 Å². The Balaban J connectivity index is 1.73. The molecule has 0 unspecified atom stereocenters. The van der Waals surface area contributed by atoms with Crippen LogP contribution in [0.3, 0.4) is 0 Å². The van der Waals surface area contributed by atoms with E-state index in [9.17, 15) is 29.3 Å². The lowest BCUT2D eigenvalue weighted by molar-refractivity contribution is -0.383. The number of fused-ring (bicyclic) bond motifs is 1. The molecule has 0 aromatic heterocycles. The molecule has 3 rings (SSSR count). The van der Waals surface area contributed by atoms with Crippen molar-refractivity contribution in [1.82, 2.24) is 4.90 Å². The molecule has 11 heteroatoms. The van der Waals surface area contributed by atoms with Crippen molar-refractivity contribution >= 4 is 35.1 Å². The third kappa shape index (κ3) is 5.03. The molecule has 1 atom stereocenters. The van der Waals surface area contributed by atoms with Crippen LogP contribution in [0.4, 0.5) is 11.4 Å². The summed E-state index contributed by atoms with van der Waals surface area (Å²) in [4.78, 5) is 62.3. The number of hydrogen-bond donors (Lipinski definition) is 1. The molecule has 0 saturated carbocycles. The van der Waals surface area contributed by atoms with E-state index >= 15 is 0 Å². The van der Waals surface area contributed by atoms with Crippen LogP contribution in [0.5, 0.6) is 5.75 Å². The van der Waals surface area contributed by atoms with Crippen molar-refractivity contribution in [3.63, 3.8) is 0 Å². The van der Waals surface area contributed by atoms with E-state index in [4.69, 9.17) is 9.47 Å². The fourth-order valence-electron chi connectivity index (χ4n) is 3.57. The number of nitro benzene ring substituents is 1. The lowest BCUT2D eigenvalue weighted by Gasteiger charge is -2.25. The number of ether oxygens (including phenoxy) is 2. The van der Waals surface area contributed by atoms with Crippen molar-refractivity contribution in [2.75, 3.05) is 19.0 Å². The summed E-state index contributed by atoms with van der Waals surface area (Å²) in [5.74, 6) is -2.79. The maximum Gasteiger partial charge on any atom is 0.329 e. The Kier molecular flexibility index (Phi) is 7.24. The van der Waals surface area contributed by atoms with Crippen LogP contribution >= 0.6 is 0 Å². The monoisotopic (exact) mass is 469 g/mol. The molecule has 2 aromatic carbocycles. The molecule has 178 valence electrons. The number of hydrogen-bond acceptors (Lipinski definition) is 8. The highest BCUT2D eigenvalue weighted by Gasteiger charge is 2.43. The van der Waals surface area contributed by atoms with Crippen molar-refractivity contribution in [3.8, 4) is 5.75 Å². The van der Waals surface area contributed by atoms with Gasteiger partial charge in [-0.15, -0.1) is 0 Å². The first kappa shape index (κ1) is 24.4. The standard InChI is InChI=1S/C23H23N3O8/c1-13(2)10-19(25-21(28)15-6-4-5-7-16(15)22(25)29)23(30)34-12-20(27)24-17-11-14(33-3)8-9-18(17)26(31)32/h4-9,11,13,19H,10,12H2,1-3H3,(H,24,27)/t19-/m0/s1. The Hall–Kier alpha value is -4.28. The van der Waals surface area contributed by atoms with Gasteiger partial charge in [0.25, 0.3) is 23.4 Å². The molecular formula is C23H23N3O8. The SMILES string of the molecule is COc1ccc([N+](=O)[O-])c(NC(=O)COC(=O)[C@H](CC(C)C)N2C(=O)c3ccccc3C2=O)c1. The van der Waals surface area contributed by atoms with Gasteiger partial charge in [-0.3, -0.25) is 29.4 Å². The van der Waals surface area contributed by atoms with Gasteiger partial charge in [0.2, 0.25) is 0 Å². The van der Waals surface area contributed by atoms with Crippen LogP contribution in [-0.4, -0.2) is 53.3 Å². The smallest absolute Gasteiger partial charge is 0.329 e. The number of anilines is 1. The molecule has 0 spiro atoms. The Bertz CT molecular complexity index is 1130. The Morgan fingerprint density at radius 3 is 2.24 bits per heavy atom. The number of carbonyl (C=O) groups excluding carboxylic acids is 4. The van der Waals surface area contributed by atoms with Crippen LogP contribution in [0.1, 0.15) is 41.0 Å². The topological polar surface area (TPSA) is 145 Å². The summed E-state index contributed by atoms with van der Waals surface area (Å²) >= 11 is 0. The van der Waals surface area contributed by atoms with E-state index in [1.807, 2.05) is 13.8 Å². The highest BCUT2D eigenvalue weighted by atomic mass is 16.6. The van der Waals surface area contributed by atoms with Crippen LogP contribution in [0.15, 0.2) is 42.5 Å². The maximum atomic E-state index is 12.9. The molecule has 34 heavy (non-hydrogen) atoms. The van der Waals surface area contributed by atoms with Gasteiger partial charge in [0.05, 0.1) is 23.2 Å². The van der Waals surface area contributed by atoms with Crippen molar-refractivity contribution < 1.29 is 33.6 Å². The number of amides is 3. The van der Waals surface area contributed by atoms with Gasteiger partial charge in [0, 0.05) is 12.1 Å². The summed E-state index contributed by atoms with van der Waals surface area (Å²) in [6.07, 6.45) is 0.132. The molecule has 0 aliphatic carbocycles. The Morgan fingerprint density at radius 1 is 1.09 bits per heavy atom. The molecule has 0 bridgehead atoms. The molecule has 3 amide bonds. The number of imide groups is 1. The molecule has 1 heterocycles. The molecule has 0 radical (unpaired) electrons. The van der Waals surface area contributed by atoms with Crippen LogP contribution in [-0.2, 0) is 14.3 Å². The first-order valence-electron chi connectivity index (χ1n) is 10.4. The van der Waals surface area contributed by atoms with E-state index in [1.165, 1.54) is 37.4 Å². The van der Waals surface area contributed by atoms with Gasteiger partial charge < -0.3 is 14.8 Å². The van der Waals surface area contributed by atoms with E-state index in [1.54, 1.807) is 12.1 Å². The van der Waals surface area contributed by atoms with Gasteiger partial charge in [-0.1, -0.05) is 26.0 Å². The van der Waals surface area contributed by atoms with Gasteiger partial charge >= 0.3 is 5.97 Å². The third-order valence-electron chi connectivity index (χ3n) is 5.12. The van der Waals surface area contributed by atoms with Crippen molar-refractivity contribution in [1.29, 1.82) is 0 Å². The third-order valence-corrected chi connectivity index (χ3v) is 5.12. The van der Waals surface area contributed by atoms with Gasteiger partial charge in [0.15, 0.2) is 6.61 Å². The zero-order valence-corrected chi connectivity index (χ0v) is 18.8. The molecule has 11 nitrogen and oxygen atoms in total. The average molecular weight is 469 g/mol. The highest BCUT2D eigenvalue weighted by Crippen LogP contribution is 2.29. The molecule has 1 aliphatic heterocycles. The van der Waals surface area contributed by atoms with Crippen LogP contribution in [0, 0.1) is 16.0 Å². The second-order valence-electron chi connectivity index (χ2n) is 7.97. The molecule has 0 fully saturated rings. The summed E-state index contributed by atoms with van der Waals surface area (Å²) in [6, 6.07) is 8.80. The molecule has 0 saturated heterocycles. The normalized spacial score (nSPS) is 13.5. The fourth-order valence-corrected chi connectivity index (χ4v) is 3.57. The quantitative estimate of drug-likeness (QED) is 0.255. The number of rotatable bonds is 9. The van der Waals surface area contributed by atoms with E-state index in [0.717, 1.165) is 4.90 Å². The second-order valence-corrected chi connectivity index (χ2v) is 7.97. The summed E-state index contributed by atoms with van der Waals surface area (Å²) < 4.78 is 10.1. The number of nitrogens with one attached hydrogen (secondary N) is 1. The predicted molar refractivity (Wildman–Crippen MR) is 119 cm³/mol. The molecule has 1 aliphatic rings. The predicted octanol–water partition coefficient (Wildman–Crippen LogP) is 2.80. The first-order valence-corrected chi connectivity index (χ1v) is 10.4. The van der Waals surface area contributed by atoms with Crippen molar-refractivity contribution in [2.24, 2.45) is 5.92 Å². The van der Waals surface area contributed by atoms with Gasteiger partial charge in [0.1, 0.15) is 17.5 Å². The van der Waals surface area contributed by atoms with E-state index < -0.39 is 41.3 Å². The summed E-state index contributed by atoms with van der Waals surface area (Å²) in [5.41, 5.74) is -0.122. The number of methoxy groups -OCH3 is 1. The lowest BCUT2D eigenvalue weighted by Crippen LogP contribution is -2.46. The molecular weight excluding hydrogens is 446 g/mol. The number of nitro groups is 1. The Labute approximate surface area is 194 Å². The summed E-state index contributed by atoms with van der Waals surface area (Å²) in [7, 11) is 1.36. The average Bonchev–Trinajstić information content (AvgIpc) is 3.05. The molecule has 1 N–H and O–H groups in total. The van der Waals surface area contributed by atoms with Crippen LogP contribution in [0.25, 0.3) is 0 Å². The largest absolute Gasteiger partial charge is 0.497 e. The summed E-state index contributed by atoms with van der Waals surface area (Å²) in [5, 5.41) is 13.5. The fraction of sp³-hybridized carbons (Fsp3) is 0.304. The summed E-state index contributed by atoms with van der Waals surface area (Å²) in [6.45, 7) is 2.85. The maximum absolute atomic E-state index is 12.9. The van der Waals surface area contributed by atoms with E-state index in [2.05, 4.69) is 5.32 Å². The highest BCUT2D eigenvalue weighted by molar-refractivity contribution is 6.22. The number of nitrogens with zero attached hydrogens (tertiary/aromatic N) is 2. The van der Waals surface area contributed by atoms with Crippen molar-refractivity contribution in [3.05, 3.63) is 63.7 Å². The Morgan fingerprint density at radius 2 is 1.71 bits per heavy atom. The van der Waals surface area contributed by atoms with E-state index in [-0.39, 0.29) is 40.6 Å². The van der Waals surface area contributed by atoms with Crippen molar-refractivity contribution in [2.45, 2.75) is 26.3 Å².